The van der Waals surface area contributed by atoms with Crippen LogP contribution < -0.4 is 5.73 Å². The fourth-order valence-electron chi connectivity index (χ4n) is 1.71. The van der Waals surface area contributed by atoms with E-state index in [0.29, 0.717) is 0 Å². The minimum atomic E-state index is 0.720. The molecule has 2 N–H and O–H groups in total. The summed E-state index contributed by atoms with van der Waals surface area (Å²) >= 11 is 6.14. The molecule has 1 aromatic rings. The molecule has 0 saturated heterocycles. The molecule has 0 aliphatic carbocycles. The normalized spacial score (nSPS) is 13.1. The summed E-state index contributed by atoms with van der Waals surface area (Å²) < 4.78 is 0. The van der Waals surface area contributed by atoms with Gasteiger partial charge >= 0.3 is 0 Å². The van der Waals surface area contributed by atoms with Crippen molar-refractivity contribution in [3.8, 4) is 0 Å². The van der Waals surface area contributed by atoms with Crippen LogP contribution in [0.15, 0.2) is 18.2 Å². The highest BCUT2D eigenvalue weighted by molar-refractivity contribution is 6.31. The van der Waals surface area contributed by atoms with Crippen molar-refractivity contribution < 1.29 is 0 Å². The fourth-order valence-corrected chi connectivity index (χ4v) is 1.96. The van der Waals surface area contributed by atoms with E-state index in [2.05, 4.69) is 25.8 Å². The van der Waals surface area contributed by atoms with E-state index in [1.807, 2.05) is 18.2 Å². The Morgan fingerprint density at radius 3 is 2.69 bits per heavy atom. The summed E-state index contributed by atoms with van der Waals surface area (Å²) in [5, 5.41) is 0.760. The Labute approximate surface area is 103 Å². The molecule has 0 bridgehead atoms. The first kappa shape index (κ1) is 13.3. The smallest absolute Gasteiger partial charge is 0.0471 e. The van der Waals surface area contributed by atoms with Gasteiger partial charge in [-0.3, -0.25) is 0 Å². The van der Waals surface area contributed by atoms with Crippen LogP contribution in [0.3, 0.4) is 0 Å². The summed E-state index contributed by atoms with van der Waals surface area (Å²) in [5.41, 5.74) is 7.52. The molecule has 1 aromatic carbocycles. The molecule has 2 nitrogen and oxygen atoms in total. The minimum Gasteiger partial charge on any atom is -0.399 e. The molecule has 1 rings (SSSR count). The molecule has 0 heterocycles. The van der Waals surface area contributed by atoms with E-state index in [9.17, 15) is 0 Å². The number of nitrogens with zero attached hydrogens (tertiary/aromatic N) is 1. The SMILES string of the molecule is CCC(C)CN(C)Cc1ccc(N)cc1Cl. The van der Waals surface area contributed by atoms with E-state index in [4.69, 9.17) is 17.3 Å². The molecule has 3 heteroatoms. The monoisotopic (exact) mass is 240 g/mol. The van der Waals surface area contributed by atoms with Crippen molar-refractivity contribution in [3.63, 3.8) is 0 Å². The van der Waals surface area contributed by atoms with E-state index in [0.717, 1.165) is 35.3 Å². The Bertz CT molecular complexity index is 339. The van der Waals surface area contributed by atoms with Crippen molar-refractivity contribution >= 4 is 17.3 Å². The standard InChI is InChI=1S/C13H21ClN2/c1-4-10(2)8-16(3)9-11-5-6-12(15)7-13(11)14/h5-7,10H,4,8-9,15H2,1-3H3. The molecule has 1 unspecified atom stereocenters. The molecule has 0 amide bonds. The highest BCUT2D eigenvalue weighted by Crippen LogP contribution is 2.20. The lowest BCUT2D eigenvalue weighted by Crippen LogP contribution is -2.23. The van der Waals surface area contributed by atoms with E-state index in [1.54, 1.807) is 0 Å². The molecule has 1 atom stereocenters. The number of nitrogens with two attached hydrogens (primary N) is 1. The topological polar surface area (TPSA) is 29.3 Å². The number of benzene rings is 1. The van der Waals surface area contributed by atoms with Crippen LogP contribution in [0.5, 0.6) is 0 Å². The average Bonchev–Trinajstić information content (AvgIpc) is 2.22. The van der Waals surface area contributed by atoms with Crippen molar-refractivity contribution in [3.05, 3.63) is 28.8 Å². The lowest BCUT2D eigenvalue weighted by atomic mass is 10.1. The Hall–Kier alpha value is -0.730. The predicted molar refractivity (Wildman–Crippen MR) is 71.7 cm³/mol. The molecule has 0 aliphatic rings. The molecule has 0 aliphatic heterocycles. The number of anilines is 1. The number of halogens is 1. The summed E-state index contributed by atoms with van der Waals surface area (Å²) in [6.45, 7) is 6.45. The number of hydrogen-bond donors (Lipinski definition) is 1. The zero-order valence-electron chi connectivity index (χ0n) is 10.3. The molecular formula is C13H21ClN2. The van der Waals surface area contributed by atoms with Gasteiger partial charge in [-0.2, -0.15) is 0 Å². The zero-order valence-corrected chi connectivity index (χ0v) is 11.1. The Balaban J connectivity index is 2.59. The predicted octanol–water partition coefficient (Wildman–Crippen LogP) is 3.40. The van der Waals surface area contributed by atoms with E-state index >= 15 is 0 Å². The second-order valence-electron chi connectivity index (χ2n) is 4.56. The number of nitrogen functional groups attached to an aromatic ring is 1. The molecule has 16 heavy (non-hydrogen) atoms. The van der Waals surface area contributed by atoms with Crippen molar-refractivity contribution in [2.75, 3.05) is 19.3 Å². The van der Waals surface area contributed by atoms with Gasteiger partial charge in [-0.05, 0) is 30.7 Å². The maximum absolute atomic E-state index is 6.14. The quantitative estimate of drug-likeness (QED) is 0.800. The lowest BCUT2D eigenvalue weighted by Gasteiger charge is -2.21. The van der Waals surface area contributed by atoms with Gasteiger partial charge in [0, 0.05) is 23.8 Å². The number of rotatable bonds is 5. The summed E-state index contributed by atoms with van der Waals surface area (Å²) in [5.74, 6) is 0.720. The van der Waals surface area contributed by atoms with Gasteiger partial charge in [0.15, 0.2) is 0 Å². The maximum atomic E-state index is 6.14. The average molecular weight is 241 g/mol. The summed E-state index contributed by atoms with van der Waals surface area (Å²) in [7, 11) is 2.12. The third kappa shape index (κ3) is 4.03. The molecule has 90 valence electrons. The first-order valence-electron chi connectivity index (χ1n) is 5.75. The first-order valence-corrected chi connectivity index (χ1v) is 6.13. The molecule has 0 aromatic heterocycles. The van der Waals surface area contributed by atoms with Gasteiger partial charge in [-0.1, -0.05) is 37.9 Å². The molecule has 0 fully saturated rings. The third-order valence-corrected chi connectivity index (χ3v) is 3.19. The zero-order chi connectivity index (χ0) is 12.1. The Morgan fingerprint density at radius 1 is 1.44 bits per heavy atom. The number of hydrogen-bond acceptors (Lipinski definition) is 2. The van der Waals surface area contributed by atoms with Gasteiger partial charge in [0.05, 0.1) is 0 Å². The van der Waals surface area contributed by atoms with Crippen LogP contribution in [0.4, 0.5) is 5.69 Å². The van der Waals surface area contributed by atoms with Gasteiger partial charge in [-0.15, -0.1) is 0 Å². The molecule has 0 spiro atoms. The van der Waals surface area contributed by atoms with Crippen LogP contribution in [0.1, 0.15) is 25.8 Å². The van der Waals surface area contributed by atoms with E-state index < -0.39 is 0 Å². The van der Waals surface area contributed by atoms with Crippen molar-refractivity contribution in [1.29, 1.82) is 0 Å². The maximum Gasteiger partial charge on any atom is 0.0471 e. The third-order valence-electron chi connectivity index (χ3n) is 2.84. The first-order chi connectivity index (χ1) is 7.52. The van der Waals surface area contributed by atoms with Gasteiger partial charge < -0.3 is 10.6 Å². The lowest BCUT2D eigenvalue weighted by molar-refractivity contribution is 0.275. The van der Waals surface area contributed by atoms with Gasteiger partial charge in [0.25, 0.3) is 0 Å². The van der Waals surface area contributed by atoms with Crippen molar-refractivity contribution in [2.45, 2.75) is 26.8 Å². The van der Waals surface area contributed by atoms with E-state index in [1.165, 1.54) is 6.42 Å². The van der Waals surface area contributed by atoms with Gasteiger partial charge in [0.1, 0.15) is 0 Å². The highest BCUT2D eigenvalue weighted by atomic mass is 35.5. The second kappa shape index (κ2) is 6.12. The van der Waals surface area contributed by atoms with Crippen LogP contribution in [0, 0.1) is 5.92 Å². The van der Waals surface area contributed by atoms with E-state index in [-0.39, 0.29) is 0 Å². The molecule has 0 radical (unpaired) electrons. The molecular weight excluding hydrogens is 220 g/mol. The highest BCUT2D eigenvalue weighted by Gasteiger charge is 2.07. The second-order valence-corrected chi connectivity index (χ2v) is 4.97. The van der Waals surface area contributed by atoms with Crippen LogP contribution in [-0.2, 0) is 6.54 Å². The van der Waals surface area contributed by atoms with Crippen molar-refractivity contribution in [2.24, 2.45) is 5.92 Å². The largest absolute Gasteiger partial charge is 0.399 e. The summed E-state index contributed by atoms with van der Waals surface area (Å²) in [6, 6.07) is 5.72. The van der Waals surface area contributed by atoms with Gasteiger partial charge in [0.2, 0.25) is 0 Å². The Morgan fingerprint density at radius 2 is 2.12 bits per heavy atom. The van der Waals surface area contributed by atoms with Crippen LogP contribution >= 0.6 is 11.6 Å². The minimum absolute atomic E-state index is 0.720. The van der Waals surface area contributed by atoms with Crippen LogP contribution in [-0.4, -0.2) is 18.5 Å². The summed E-state index contributed by atoms with van der Waals surface area (Å²) in [4.78, 5) is 2.30. The summed E-state index contributed by atoms with van der Waals surface area (Å²) in [6.07, 6.45) is 1.21. The Kier molecular flexibility index (Phi) is 5.10. The van der Waals surface area contributed by atoms with Gasteiger partial charge in [-0.25, -0.2) is 0 Å². The van der Waals surface area contributed by atoms with Crippen LogP contribution in [0.2, 0.25) is 5.02 Å². The van der Waals surface area contributed by atoms with Crippen molar-refractivity contribution in [1.82, 2.24) is 4.90 Å². The van der Waals surface area contributed by atoms with Crippen LogP contribution in [0.25, 0.3) is 0 Å². The fraction of sp³-hybridized carbons (Fsp3) is 0.538. The molecule has 0 saturated carbocycles.